The second-order valence-electron chi connectivity index (χ2n) is 13.0. The summed E-state index contributed by atoms with van der Waals surface area (Å²) in [6.07, 6.45) is 1.02. The Morgan fingerprint density at radius 3 is 1.91 bits per heavy atom. The number of aliphatic hydroxyl groups excluding tert-OH is 1. The molecule has 0 radical (unpaired) electrons. The quantitative estimate of drug-likeness (QED) is 0.237. The van der Waals surface area contributed by atoms with E-state index >= 15 is 0 Å². The average Bonchev–Trinajstić information content (AvgIpc) is 3.09. The van der Waals surface area contributed by atoms with Crippen LogP contribution in [-0.4, -0.2) is 77.2 Å². The van der Waals surface area contributed by atoms with Gasteiger partial charge in [-0.25, -0.2) is 4.79 Å². The number of hydrogen-bond acceptors (Lipinski definition) is 6. The molecule has 4 rings (SSSR count). The van der Waals surface area contributed by atoms with Crippen LogP contribution < -0.4 is 11.1 Å². The van der Waals surface area contributed by atoms with Crippen molar-refractivity contribution in [3.8, 4) is 0 Å². The molecule has 0 spiro atoms. The largest absolute Gasteiger partial charge is 0.445 e. The molecule has 47 heavy (non-hydrogen) atoms. The first-order valence-electron chi connectivity index (χ1n) is 16.7. The Kier molecular flexibility index (Phi) is 13.4. The molecule has 4 N–H and O–H groups in total. The molecular weight excluding hydrogens is 592 g/mol. The van der Waals surface area contributed by atoms with Gasteiger partial charge in [-0.15, -0.1) is 0 Å². The lowest BCUT2D eigenvalue weighted by Crippen LogP contribution is -2.56. The number of benzene rings is 3. The molecule has 0 bridgehead atoms. The van der Waals surface area contributed by atoms with Crippen LogP contribution in [0.4, 0.5) is 4.79 Å². The van der Waals surface area contributed by atoms with Gasteiger partial charge in [0.15, 0.2) is 0 Å². The van der Waals surface area contributed by atoms with Crippen molar-refractivity contribution in [2.45, 2.75) is 76.8 Å². The van der Waals surface area contributed by atoms with Gasteiger partial charge in [-0.2, -0.15) is 0 Å². The summed E-state index contributed by atoms with van der Waals surface area (Å²) in [7, 11) is 1.74. The van der Waals surface area contributed by atoms with Crippen molar-refractivity contribution < 1.29 is 24.2 Å². The fourth-order valence-corrected chi connectivity index (χ4v) is 6.10. The lowest BCUT2D eigenvalue weighted by atomic mass is 9.88. The third kappa shape index (κ3) is 10.7. The zero-order valence-electron chi connectivity index (χ0n) is 27.8. The highest BCUT2D eigenvalue weighted by atomic mass is 16.6. The molecule has 9 heteroatoms. The van der Waals surface area contributed by atoms with Gasteiger partial charge in [0.25, 0.3) is 0 Å². The number of likely N-dealkylation sites (tertiary alicyclic amines) is 1. The molecule has 0 aromatic heterocycles. The first kappa shape index (κ1) is 35.6. The van der Waals surface area contributed by atoms with Crippen molar-refractivity contribution in [3.05, 3.63) is 108 Å². The van der Waals surface area contributed by atoms with Gasteiger partial charge < -0.3 is 30.7 Å². The Labute approximate surface area is 279 Å². The smallest absolute Gasteiger partial charge is 0.410 e. The van der Waals surface area contributed by atoms with E-state index in [2.05, 4.69) is 5.32 Å². The Bertz CT molecular complexity index is 1400. The second kappa shape index (κ2) is 17.6. The van der Waals surface area contributed by atoms with Gasteiger partial charge in [-0.1, -0.05) is 105 Å². The van der Waals surface area contributed by atoms with Crippen LogP contribution in [0.15, 0.2) is 91.0 Å². The molecule has 3 aromatic rings. The van der Waals surface area contributed by atoms with Gasteiger partial charge in [0.1, 0.15) is 12.6 Å². The molecule has 1 aliphatic rings. The summed E-state index contributed by atoms with van der Waals surface area (Å²) < 4.78 is 5.50. The molecule has 0 saturated carbocycles. The van der Waals surface area contributed by atoms with Crippen molar-refractivity contribution in [3.63, 3.8) is 0 Å². The van der Waals surface area contributed by atoms with Gasteiger partial charge in [-0.05, 0) is 54.7 Å². The van der Waals surface area contributed by atoms with E-state index in [1.165, 1.54) is 0 Å². The number of nitrogens with two attached hydrogens (primary N) is 1. The Morgan fingerprint density at radius 2 is 1.38 bits per heavy atom. The van der Waals surface area contributed by atoms with E-state index in [9.17, 15) is 19.5 Å². The molecule has 0 unspecified atom stereocenters. The molecule has 252 valence electrons. The van der Waals surface area contributed by atoms with Crippen molar-refractivity contribution in [1.29, 1.82) is 0 Å². The highest BCUT2D eigenvalue weighted by molar-refractivity contribution is 5.89. The highest BCUT2D eigenvalue weighted by Crippen LogP contribution is 2.21. The number of carbonyl (C=O) groups excluding carboxylic acids is 3. The first-order chi connectivity index (χ1) is 22.6. The molecule has 1 aliphatic heterocycles. The zero-order valence-corrected chi connectivity index (χ0v) is 27.8. The fraction of sp³-hybridized carbons (Fsp3) is 0.447. The maximum atomic E-state index is 13.9. The molecule has 0 aliphatic carbocycles. The van der Waals surface area contributed by atoms with Crippen LogP contribution in [0.5, 0.6) is 0 Å². The van der Waals surface area contributed by atoms with Crippen molar-refractivity contribution in [1.82, 2.24) is 15.1 Å². The maximum absolute atomic E-state index is 13.9. The first-order valence-corrected chi connectivity index (χ1v) is 16.7. The SMILES string of the molecule is CC(C)[C@H](NC(=O)[C@@H](Cc1ccccc1)C[C@H](O)[C@H](N)Cc1ccccc1)C(=O)N1CCC(N(C)C(=O)OCc2ccccc2)CC1. The second-order valence-corrected chi connectivity index (χ2v) is 13.0. The summed E-state index contributed by atoms with van der Waals surface area (Å²) >= 11 is 0. The van der Waals surface area contributed by atoms with Crippen LogP contribution in [0.3, 0.4) is 0 Å². The molecule has 1 fully saturated rings. The van der Waals surface area contributed by atoms with Crippen LogP contribution >= 0.6 is 0 Å². The van der Waals surface area contributed by atoms with E-state index < -0.39 is 24.1 Å². The Morgan fingerprint density at radius 1 is 0.872 bits per heavy atom. The number of nitrogens with zero attached hydrogens (tertiary/aromatic N) is 2. The van der Waals surface area contributed by atoms with Crippen LogP contribution in [0.2, 0.25) is 0 Å². The normalized spacial score (nSPS) is 16.2. The standard InChI is InChI=1S/C38H50N4O5/c1-27(2)35(37(45)42-21-19-32(20-22-42)41(3)38(46)47-26-30-17-11-6-12-18-30)40-36(44)31(23-28-13-7-4-8-14-28)25-34(43)33(39)24-29-15-9-5-10-16-29/h4-18,27,31-35,43H,19-26,39H2,1-3H3,(H,40,44)/t31-,33+,34-,35-/m0/s1. The molecule has 1 saturated heterocycles. The predicted octanol–water partition coefficient (Wildman–Crippen LogP) is 4.57. The molecule has 3 amide bonds. The minimum atomic E-state index is -0.904. The lowest BCUT2D eigenvalue weighted by Gasteiger charge is -2.38. The van der Waals surface area contributed by atoms with Gasteiger partial charge in [0.05, 0.1) is 6.10 Å². The number of piperidine rings is 1. The van der Waals surface area contributed by atoms with Crippen LogP contribution in [0.25, 0.3) is 0 Å². The average molecular weight is 643 g/mol. The van der Waals surface area contributed by atoms with Gasteiger partial charge in [0.2, 0.25) is 11.8 Å². The Hall–Kier alpha value is -4.21. The molecular formula is C38H50N4O5. The number of amides is 3. The highest BCUT2D eigenvalue weighted by Gasteiger charge is 2.35. The summed E-state index contributed by atoms with van der Waals surface area (Å²) in [6.45, 7) is 4.99. The summed E-state index contributed by atoms with van der Waals surface area (Å²) in [5, 5.41) is 14.2. The van der Waals surface area contributed by atoms with Gasteiger partial charge in [0, 0.05) is 38.1 Å². The fourth-order valence-electron chi connectivity index (χ4n) is 6.10. The zero-order chi connectivity index (χ0) is 33.8. The van der Waals surface area contributed by atoms with Crippen molar-refractivity contribution in [2.75, 3.05) is 20.1 Å². The number of ether oxygens (including phenoxy) is 1. The maximum Gasteiger partial charge on any atom is 0.410 e. The number of carbonyl (C=O) groups is 3. The summed E-state index contributed by atoms with van der Waals surface area (Å²) in [5.41, 5.74) is 9.32. The lowest BCUT2D eigenvalue weighted by molar-refractivity contribution is -0.140. The monoisotopic (exact) mass is 642 g/mol. The van der Waals surface area contributed by atoms with Crippen LogP contribution in [0.1, 0.15) is 49.8 Å². The number of nitrogens with one attached hydrogen (secondary N) is 1. The summed E-state index contributed by atoms with van der Waals surface area (Å²) in [5.74, 6) is -1.14. The van der Waals surface area contributed by atoms with E-state index in [1.807, 2.05) is 105 Å². The van der Waals surface area contributed by atoms with E-state index in [-0.39, 0.29) is 42.9 Å². The van der Waals surface area contributed by atoms with Crippen molar-refractivity contribution >= 4 is 17.9 Å². The summed E-state index contributed by atoms with van der Waals surface area (Å²) in [6, 6.07) is 27.7. The van der Waals surface area contributed by atoms with E-state index in [4.69, 9.17) is 10.5 Å². The van der Waals surface area contributed by atoms with Crippen LogP contribution in [0, 0.1) is 11.8 Å². The number of rotatable bonds is 14. The minimum absolute atomic E-state index is 0.0498. The molecule has 1 heterocycles. The minimum Gasteiger partial charge on any atom is -0.445 e. The third-order valence-corrected chi connectivity index (χ3v) is 9.08. The van der Waals surface area contributed by atoms with E-state index in [0.717, 1.165) is 16.7 Å². The van der Waals surface area contributed by atoms with Gasteiger partial charge >= 0.3 is 6.09 Å². The molecule has 3 aromatic carbocycles. The Balaban J connectivity index is 1.35. The molecule has 9 nitrogen and oxygen atoms in total. The topological polar surface area (TPSA) is 125 Å². The predicted molar refractivity (Wildman–Crippen MR) is 183 cm³/mol. The molecule has 4 atom stereocenters. The number of hydrogen-bond donors (Lipinski definition) is 3. The van der Waals surface area contributed by atoms with Crippen LogP contribution in [-0.2, 0) is 33.8 Å². The number of aliphatic hydroxyl groups is 1. The van der Waals surface area contributed by atoms with Crippen molar-refractivity contribution in [2.24, 2.45) is 17.6 Å². The third-order valence-electron chi connectivity index (χ3n) is 9.08. The van der Waals surface area contributed by atoms with E-state index in [0.29, 0.717) is 38.8 Å². The summed E-state index contributed by atoms with van der Waals surface area (Å²) in [4.78, 5) is 43.8. The van der Waals surface area contributed by atoms with E-state index in [1.54, 1.807) is 16.8 Å². The van der Waals surface area contributed by atoms with Gasteiger partial charge in [-0.3, -0.25) is 9.59 Å².